The Balaban J connectivity index is 2.17. The minimum absolute atomic E-state index is 0.276. The fourth-order valence-corrected chi connectivity index (χ4v) is 3.93. The van der Waals surface area contributed by atoms with Crippen LogP contribution in [-0.2, 0) is 10.0 Å². The van der Waals surface area contributed by atoms with Gasteiger partial charge in [0.2, 0.25) is 10.0 Å². The van der Waals surface area contributed by atoms with Crippen LogP contribution in [0.15, 0.2) is 29.2 Å². The Morgan fingerprint density at radius 3 is 2.56 bits per heavy atom. The maximum atomic E-state index is 12.4. The summed E-state index contributed by atoms with van der Waals surface area (Å²) in [5.74, 6) is 0. The van der Waals surface area contributed by atoms with E-state index in [-0.39, 0.29) is 4.90 Å². The third kappa shape index (κ3) is 2.85. The van der Waals surface area contributed by atoms with E-state index >= 15 is 0 Å². The normalized spacial score (nSPS) is 19.0. The van der Waals surface area contributed by atoms with Crippen molar-refractivity contribution >= 4 is 21.6 Å². The van der Waals surface area contributed by atoms with E-state index in [2.05, 4.69) is 5.32 Å². The SMILES string of the molecule is CNC1CCN(S(=O)(=O)c2cccc(Cl)c2)CC1. The first-order valence-corrected chi connectivity index (χ1v) is 7.79. The molecule has 18 heavy (non-hydrogen) atoms. The van der Waals surface area contributed by atoms with Gasteiger partial charge in [-0.05, 0) is 38.1 Å². The van der Waals surface area contributed by atoms with Gasteiger partial charge in [0.1, 0.15) is 0 Å². The van der Waals surface area contributed by atoms with Crippen molar-refractivity contribution in [3.8, 4) is 0 Å². The van der Waals surface area contributed by atoms with E-state index in [0.717, 1.165) is 12.8 Å². The quantitative estimate of drug-likeness (QED) is 0.921. The molecule has 0 bridgehead atoms. The lowest BCUT2D eigenvalue weighted by molar-refractivity contribution is 0.298. The molecule has 0 saturated carbocycles. The molecule has 0 aliphatic carbocycles. The molecule has 0 unspecified atom stereocenters. The molecule has 0 aromatic heterocycles. The molecule has 1 saturated heterocycles. The monoisotopic (exact) mass is 288 g/mol. The molecule has 1 fully saturated rings. The topological polar surface area (TPSA) is 49.4 Å². The molecular formula is C12H17ClN2O2S. The Kier molecular flexibility index (Phi) is 4.27. The van der Waals surface area contributed by atoms with Gasteiger partial charge in [0.05, 0.1) is 4.90 Å². The molecule has 0 atom stereocenters. The number of piperidine rings is 1. The summed E-state index contributed by atoms with van der Waals surface area (Å²) in [4.78, 5) is 0.276. The Bertz CT molecular complexity index is 511. The Morgan fingerprint density at radius 2 is 2.00 bits per heavy atom. The minimum Gasteiger partial charge on any atom is -0.317 e. The zero-order valence-corrected chi connectivity index (χ0v) is 11.8. The number of sulfonamides is 1. The largest absolute Gasteiger partial charge is 0.317 e. The van der Waals surface area contributed by atoms with Crippen molar-refractivity contribution in [2.24, 2.45) is 0 Å². The summed E-state index contributed by atoms with van der Waals surface area (Å²) in [5, 5.41) is 3.63. The highest BCUT2D eigenvalue weighted by molar-refractivity contribution is 7.89. The van der Waals surface area contributed by atoms with Gasteiger partial charge < -0.3 is 5.32 Å². The predicted octanol–water partition coefficient (Wildman–Crippen LogP) is 1.71. The highest BCUT2D eigenvalue weighted by Gasteiger charge is 2.28. The highest BCUT2D eigenvalue weighted by atomic mass is 35.5. The Hall–Kier alpha value is -0.620. The van der Waals surface area contributed by atoms with Gasteiger partial charge in [-0.25, -0.2) is 8.42 Å². The minimum atomic E-state index is -3.40. The number of nitrogens with zero attached hydrogens (tertiary/aromatic N) is 1. The lowest BCUT2D eigenvalue weighted by atomic mass is 10.1. The Labute approximate surface area is 113 Å². The summed E-state index contributed by atoms with van der Waals surface area (Å²) in [6.45, 7) is 1.11. The Morgan fingerprint density at radius 1 is 1.33 bits per heavy atom. The highest BCUT2D eigenvalue weighted by Crippen LogP contribution is 2.22. The number of halogens is 1. The summed E-state index contributed by atoms with van der Waals surface area (Å²) in [5.41, 5.74) is 0. The maximum Gasteiger partial charge on any atom is 0.243 e. The second-order valence-corrected chi connectivity index (χ2v) is 6.80. The number of hydrogen-bond acceptors (Lipinski definition) is 3. The first-order chi connectivity index (χ1) is 8.54. The van der Waals surface area contributed by atoms with Gasteiger partial charge in [0.15, 0.2) is 0 Å². The van der Waals surface area contributed by atoms with Crippen LogP contribution in [-0.4, -0.2) is 38.9 Å². The van der Waals surface area contributed by atoms with Crippen LogP contribution in [0.2, 0.25) is 5.02 Å². The molecule has 1 aliphatic rings. The summed E-state index contributed by atoms with van der Waals surface area (Å²) in [6.07, 6.45) is 1.69. The summed E-state index contributed by atoms with van der Waals surface area (Å²) < 4.78 is 26.3. The van der Waals surface area contributed by atoms with Crippen LogP contribution >= 0.6 is 11.6 Å². The van der Waals surface area contributed by atoms with E-state index in [9.17, 15) is 8.42 Å². The average Bonchev–Trinajstić information content (AvgIpc) is 2.39. The summed E-state index contributed by atoms with van der Waals surface area (Å²) >= 11 is 5.84. The van der Waals surface area contributed by atoms with Gasteiger partial charge in [-0.3, -0.25) is 0 Å². The molecule has 0 radical (unpaired) electrons. The summed E-state index contributed by atoms with van der Waals surface area (Å²) in [6, 6.07) is 6.84. The standard InChI is InChI=1S/C12H17ClN2O2S/c1-14-11-5-7-15(8-6-11)18(16,17)12-4-2-3-10(13)9-12/h2-4,9,11,14H,5-8H2,1H3. The molecule has 1 heterocycles. The van der Waals surface area contributed by atoms with Crippen LogP contribution in [0.3, 0.4) is 0 Å². The molecule has 4 nitrogen and oxygen atoms in total. The molecule has 1 aromatic carbocycles. The van der Waals surface area contributed by atoms with Gasteiger partial charge in [0, 0.05) is 24.2 Å². The van der Waals surface area contributed by atoms with Gasteiger partial charge in [-0.15, -0.1) is 0 Å². The van der Waals surface area contributed by atoms with E-state index < -0.39 is 10.0 Å². The van der Waals surface area contributed by atoms with Crippen LogP contribution in [0.5, 0.6) is 0 Å². The van der Waals surface area contributed by atoms with Crippen molar-refractivity contribution in [2.75, 3.05) is 20.1 Å². The van der Waals surface area contributed by atoms with Crippen molar-refractivity contribution in [1.82, 2.24) is 9.62 Å². The smallest absolute Gasteiger partial charge is 0.243 e. The van der Waals surface area contributed by atoms with E-state index in [4.69, 9.17) is 11.6 Å². The maximum absolute atomic E-state index is 12.4. The van der Waals surface area contributed by atoms with E-state index in [1.165, 1.54) is 10.4 Å². The van der Waals surface area contributed by atoms with Crippen LogP contribution in [0.4, 0.5) is 0 Å². The zero-order chi connectivity index (χ0) is 13.2. The van der Waals surface area contributed by atoms with Crippen molar-refractivity contribution in [3.05, 3.63) is 29.3 Å². The van der Waals surface area contributed by atoms with Gasteiger partial charge in [0.25, 0.3) is 0 Å². The van der Waals surface area contributed by atoms with E-state index in [0.29, 0.717) is 24.2 Å². The van der Waals surface area contributed by atoms with Crippen LogP contribution in [0, 0.1) is 0 Å². The number of nitrogens with one attached hydrogen (secondary N) is 1. The third-order valence-electron chi connectivity index (χ3n) is 3.30. The average molecular weight is 289 g/mol. The second kappa shape index (κ2) is 5.57. The lowest BCUT2D eigenvalue weighted by Crippen LogP contribution is -2.43. The van der Waals surface area contributed by atoms with Crippen LogP contribution in [0.1, 0.15) is 12.8 Å². The molecule has 1 N–H and O–H groups in total. The molecular weight excluding hydrogens is 272 g/mol. The zero-order valence-electron chi connectivity index (χ0n) is 10.3. The molecule has 1 aromatic rings. The van der Waals surface area contributed by atoms with Crippen LogP contribution in [0.25, 0.3) is 0 Å². The number of rotatable bonds is 3. The fraction of sp³-hybridized carbons (Fsp3) is 0.500. The molecule has 0 spiro atoms. The molecule has 6 heteroatoms. The van der Waals surface area contributed by atoms with Crippen molar-refractivity contribution < 1.29 is 8.42 Å². The van der Waals surface area contributed by atoms with Gasteiger partial charge >= 0.3 is 0 Å². The molecule has 2 rings (SSSR count). The van der Waals surface area contributed by atoms with Gasteiger partial charge in [-0.2, -0.15) is 4.31 Å². The first kappa shape index (κ1) is 13.8. The second-order valence-electron chi connectivity index (χ2n) is 4.42. The van der Waals surface area contributed by atoms with Crippen molar-refractivity contribution in [1.29, 1.82) is 0 Å². The van der Waals surface area contributed by atoms with Crippen molar-refractivity contribution in [3.63, 3.8) is 0 Å². The molecule has 0 amide bonds. The summed E-state index contributed by atoms with van der Waals surface area (Å²) in [7, 11) is -1.49. The fourth-order valence-electron chi connectivity index (χ4n) is 2.16. The van der Waals surface area contributed by atoms with E-state index in [1.807, 2.05) is 7.05 Å². The first-order valence-electron chi connectivity index (χ1n) is 5.97. The van der Waals surface area contributed by atoms with E-state index in [1.54, 1.807) is 18.2 Å². The van der Waals surface area contributed by atoms with Crippen LogP contribution < -0.4 is 5.32 Å². The third-order valence-corrected chi connectivity index (χ3v) is 5.43. The molecule has 1 aliphatic heterocycles. The number of benzene rings is 1. The number of hydrogen-bond donors (Lipinski definition) is 1. The molecule has 100 valence electrons. The van der Waals surface area contributed by atoms with Crippen molar-refractivity contribution in [2.45, 2.75) is 23.8 Å². The lowest BCUT2D eigenvalue weighted by Gasteiger charge is -2.30. The van der Waals surface area contributed by atoms with Gasteiger partial charge in [-0.1, -0.05) is 17.7 Å². The predicted molar refractivity (Wildman–Crippen MR) is 72.3 cm³/mol.